The largest absolute Gasteiger partial charge is 0.394 e. The Bertz CT molecular complexity index is 268. The molecule has 0 aromatic rings. The quantitative estimate of drug-likeness (QED) is 0.656. The molecule has 2 atom stereocenters. The molecule has 1 aliphatic heterocycles. The van der Waals surface area contributed by atoms with Crippen LogP contribution in [-0.2, 0) is 14.3 Å². The number of ether oxygens (including phenoxy) is 2. The van der Waals surface area contributed by atoms with Gasteiger partial charge in [0.05, 0.1) is 25.9 Å². The molecule has 1 amide bonds. The number of amides is 1. The van der Waals surface area contributed by atoms with Crippen molar-refractivity contribution in [1.82, 2.24) is 5.32 Å². The fraction of sp³-hybridized carbons (Fsp3) is 0.769. The number of aliphatic hydroxyl groups is 1. The van der Waals surface area contributed by atoms with E-state index >= 15 is 0 Å². The van der Waals surface area contributed by atoms with E-state index in [9.17, 15) is 4.79 Å². The molecule has 18 heavy (non-hydrogen) atoms. The zero-order valence-electron chi connectivity index (χ0n) is 10.9. The van der Waals surface area contributed by atoms with Gasteiger partial charge in [-0.2, -0.15) is 0 Å². The molecule has 104 valence electrons. The normalized spacial score (nSPS) is 24.3. The van der Waals surface area contributed by atoms with Crippen LogP contribution in [-0.4, -0.2) is 49.6 Å². The number of aliphatic hydroxyl groups excluding tert-OH is 1. The standard InChI is InChI=1S/C13H23NO4/c1-2-3-4-5-13(16)14-11-6-8-17-10-12(11)18-9-7-15/h3-4,11-12,15H,2,5-10H2,1H3,(H,14,16)/t11-,12-/m1/s1. The molecule has 2 N–H and O–H groups in total. The van der Waals surface area contributed by atoms with Crippen molar-refractivity contribution in [3.05, 3.63) is 12.2 Å². The molecule has 0 aliphatic carbocycles. The topological polar surface area (TPSA) is 67.8 Å². The molecular weight excluding hydrogens is 234 g/mol. The van der Waals surface area contributed by atoms with Crippen molar-refractivity contribution in [2.45, 2.75) is 38.3 Å². The van der Waals surface area contributed by atoms with E-state index in [2.05, 4.69) is 5.32 Å². The van der Waals surface area contributed by atoms with Crippen molar-refractivity contribution >= 4 is 5.91 Å². The van der Waals surface area contributed by atoms with Crippen molar-refractivity contribution < 1.29 is 19.4 Å². The number of hydrogen-bond acceptors (Lipinski definition) is 4. The van der Waals surface area contributed by atoms with Crippen LogP contribution in [0.5, 0.6) is 0 Å². The number of carbonyl (C=O) groups excluding carboxylic acids is 1. The summed E-state index contributed by atoms with van der Waals surface area (Å²) in [6.45, 7) is 3.39. The fourth-order valence-corrected chi connectivity index (χ4v) is 1.87. The van der Waals surface area contributed by atoms with Gasteiger partial charge in [0.15, 0.2) is 0 Å². The summed E-state index contributed by atoms with van der Waals surface area (Å²) in [6, 6.07) is -0.0205. The number of hydrogen-bond donors (Lipinski definition) is 2. The molecule has 1 fully saturated rings. The molecule has 1 heterocycles. The highest BCUT2D eigenvalue weighted by atomic mass is 16.5. The third-order valence-corrected chi connectivity index (χ3v) is 2.78. The molecule has 0 radical (unpaired) electrons. The zero-order chi connectivity index (χ0) is 13.2. The van der Waals surface area contributed by atoms with Crippen LogP contribution in [0.25, 0.3) is 0 Å². The van der Waals surface area contributed by atoms with Gasteiger partial charge in [0.2, 0.25) is 5.91 Å². The number of nitrogens with one attached hydrogen (secondary N) is 1. The van der Waals surface area contributed by atoms with Crippen molar-refractivity contribution in [2.75, 3.05) is 26.4 Å². The maximum atomic E-state index is 11.7. The van der Waals surface area contributed by atoms with Crippen molar-refractivity contribution in [2.24, 2.45) is 0 Å². The SMILES string of the molecule is CCC=CCC(=O)N[C@@H]1CCOC[C@H]1OCCO. The molecule has 0 bridgehead atoms. The van der Waals surface area contributed by atoms with Gasteiger partial charge in [-0.1, -0.05) is 19.1 Å². The highest BCUT2D eigenvalue weighted by Crippen LogP contribution is 2.11. The van der Waals surface area contributed by atoms with Gasteiger partial charge < -0.3 is 19.9 Å². The van der Waals surface area contributed by atoms with Crippen LogP contribution < -0.4 is 5.32 Å². The molecule has 5 nitrogen and oxygen atoms in total. The highest BCUT2D eigenvalue weighted by molar-refractivity contribution is 5.77. The number of allylic oxidation sites excluding steroid dienone is 1. The lowest BCUT2D eigenvalue weighted by Gasteiger charge is -2.31. The Hall–Kier alpha value is -0.910. The molecule has 0 aromatic heterocycles. The first-order chi connectivity index (χ1) is 8.77. The van der Waals surface area contributed by atoms with E-state index in [0.717, 1.165) is 12.8 Å². The zero-order valence-corrected chi connectivity index (χ0v) is 10.9. The summed E-state index contributed by atoms with van der Waals surface area (Å²) in [5, 5.41) is 11.7. The molecule has 1 rings (SSSR count). The molecule has 0 unspecified atom stereocenters. The summed E-state index contributed by atoms with van der Waals surface area (Å²) in [5.74, 6) is 0.00389. The number of carbonyl (C=O) groups is 1. The summed E-state index contributed by atoms with van der Waals surface area (Å²) >= 11 is 0. The van der Waals surface area contributed by atoms with E-state index in [-0.39, 0.29) is 31.3 Å². The Morgan fingerprint density at radius 2 is 2.39 bits per heavy atom. The van der Waals surface area contributed by atoms with Gasteiger partial charge in [-0.05, 0) is 12.8 Å². The molecule has 0 spiro atoms. The minimum absolute atomic E-state index is 0.00389. The monoisotopic (exact) mass is 257 g/mol. The molecule has 0 aromatic carbocycles. The van der Waals surface area contributed by atoms with E-state index in [1.165, 1.54) is 0 Å². The Balaban J connectivity index is 2.36. The van der Waals surface area contributed by atoms with Crippen molar-refractivity contribution in [3.63, 3.8) is 0 Å². The third-order valence-electron chi connectivity index (χ3n) is 2.78. The summed E-state index contributed by atoms with van der Waals surface area (Å²) in [4.78, 5) is 11.7. The molecule has 1 aliphatic rings. The van der Waals surface area contributed by atoms with Gasteiger partial charge in [-0.15, -0.1) is 0 Å². The first-order valence-corrected chi connectivity index (χ1v) is 6.52. The van der Waals surface area contributed by atoms with Crippen LogP contribution in [0.1, 0.15) is 26.2 Å². The molecule has 1 saturated heterocycles. The predicted octanol–water partition coefficient (Wildman–Crippen LogP) is 0.625. The number of rotatable bonds is 7. The van der Waals surface area contributed by atoms with Crippen LogP contribution in [0.4, 0.5) is 0 Å². The Morgan fingerprint density at radius 1 is 1.56 bits per heavy atom. The lowest BCUT2D eigenvalue weighted by molar-refractivity contribution is -0.125. The van der Waals surface area contributed by atoms with Crippen LogP contribution in [0.3, 0.4) is 0 Å². The maximum absolute atomic E-state index is 11.7. The third kappa shape index (κ3) is 5.62. The second-order valence-corrected chi connectivity index (χ2v) is 4.25. The van der Waals surface area contributed by atoms with E-state index in [1.54, 1.807) is 0 Å². The Morgan fingerprint density at radius 3 is 3.11 bits per heavy atom. The second-order valence-electron chi connectivity index (χ2n) is 4.25. The molecular formula is C13H23NO4. The first-order valence-electron chi connectivity index (χ1n) is 6.52. The van der Waals surface area contributed by atoms with Gasteiger partial charge in [-0.3, -0.25) is 4.79 Å². The highest BCUT2D eigenvalue weighted by Gasteiger charge is 2.27. The fourth-order valence-electron chi connectivity index (χ4n) is 1.87. The van der Waals surface area contributed by atoms with Gasteiger partial charge in [0, 0.05) is 13.0 Å². The summed E-state index contributed by atoms with van der Waals surface area (Å²) in [7, 11) is 0. The van der Waals surface area contributed by atoms with E-state index in [4.69, 9.17) is 14.6 Å². The van der Waals surface area contributed by atoms with E-state index in [0.29, 0.717) is 19.6 Å². The average Bonchev–Trinajstić information content (AvgIpc) is 2.38. The lowest BCUT2D eigenvalue weighted by atomic mass is 10.1. The summed E-state index contributed by atoms with van der Waals surface area (Å²) < 4.78 is 10.8. The minimum atomic E-state index is -0.162. The predicted molar refractivity (Wildman–Crippen MR) is 68.2 cm³/mol. The van der Waals surface area contributed by atoms with Gasteiger partial charge in [0.1, 0.15) is 6.10 Å². The second kappa shape index (κ2) is 9.08. The average molecular weight is 257 g/mol. The van der Waals surface area contributed by atoms with Gasteiger partial charge in [-0.25, -0.2) is 0 Å². The van der Waals surface area contributed by atoms with Gasteiger partial charge >= 0.3 is 0 Å². The van der Waals surface area contributed by atoms with Crippen LogP contribution in [0.2, 0.25) is 0 Å². The maximum Gasteiger partial charge on any atom is 0.224 e. The summed E-state index contributed by atoms with van der Waals surface area (Å²) in [5.41, 5.74) is 0. The first kappa shape index (κ1) is 15.1. The Labute approximate surface area is 108 Å². The van der Waals surface area contributed by atoms with Crippen molar-refractivity contribution in [3.8, 4) is 0 Å². The van der Waals surface area contributed by atoms with Gasteiger partial charge in [0.25, 0.3) is 0 Å². The molecule has 5 heteroatoms. The molecule has 0 saturated carbocycles. The Kier molecular flexibility index (Phi) is 7.64. The smallest absolute Gasteiger partial charge is 0.224 e. The van der Waals surface area contributed by atoms with Crippen molar-refractivity contribution in [1.29, 1.82) is 0 Å². The van der Waals surface area contributed by atoms with Crippen LogP contribution in [0.15, 0.2) is 12.2 Å². The van der Waals surface area contributed by atoms with Crippen LogP contribution in [0, 0.1) is 0 Å². The summed E-state index contributed by atoms with van der Waals surface area (Å²) in [6.07, 6.45) is 5.77. The lowest BCUT2D eigenvalue weighted by Crippen LogP contribution is -2.50. The van der Waals surface area contributed by atoms with E-state index < -0.39 is 0 Å². The van der Waals surface area contributed by atoms with E-state index in [1.807, 2.05) is 19.1 Å². The van der Waals surface area contributed by atoms with Crippen LogP contribution >= 0.6 is 0 Å². The minimum Gasteiger partial charge on any atom is -0.394 e.